The molecule has 2 heterocycles. The van der Waals surface area contributed by atoms with Crippen LogP contribution < -0.4 is 10.6 Å². The molecule has 0 saturated carbocycles. The van der Waals surface area contributed by atoms with Crippen LogP contribution in [0.3, 0.4) is 0 Å². The molecule has 1 saturated heterocycles. The second kappa shape index (κ2) is 4.80. The van der Waals surface area contributed by atoms with Gasteiger partial charge >= 0.3 is 6.01 Å². The Balaban J connectivity index is 1.91. The van der Waals surface area contributed by atoms with Crippen LogP contribution in [0.5, 0.6) is 0 Å². The van der Waals surface area contributed by atoms with Crippen molar-refractivity contribution < 1.29 is 9.15 Å². The monoisotopic (exact) mass is 226 g/mol. The van der Waals surface area contributed by atoms with Crippen molar-refractivity contribution in [3.8, 4) is 0 Å². The Morgan fingerprint density at radius 2 is 2.31 bits per heavy atom. The normalized spacial score (nSPS) is 24.9. The molecule has 1 unspecified atom stereocenters. The Labute approximate surface area is 94.8 Å². The zero-order valence-electron chi connectivity index (χ0n) is 9.75. The lowest BCUT2D eigenvalue weighted by atomic mass is 10.0. The summed E-state index contributed by atoms with van der Waals surface area (Å²) in [5.74, 6) is 0.604. The van der Waals surface area contributed by atoms with Crippen LogP contribution in [0, 0.1) is 0 Å². The third-order valence-corrected chi connectivity index (χ3v) is 2.62. The summed E-state index contributed by atoms with van der Waals surface area (Å²) in [5, 5.41) is 14.3. The van der Waals surface area contributed by atoms with Crippen LogP contribution >= 0.6 is 0 Å². The fourth-order valence-corrected chi connectivity index (χ4v) is 1.63. The van der Waals surface area contributed by atoms with E-state index in [1.54, 1.807) is 0 Å². The summed E-state index contributed by atoms with van der Waals surface area (Å²) < 4.78 is 10.8. The smallest absolute Gasteiger partial charge is 0.316 e. The van der Waals surface area contributed by atoms with Gasteiger partial charge in [-0.3, -0.25) is 0 Å². The van der Waals surface area contributed by atoms with E-state index in [4.69, 9.17) is 9.15 Å². The lowest BCUT2D eigenvalue weighted by Crippen LogP contribution is -2.35. The van der Waals surface area contributed by atoms with Crippen molar-refractivity contribution in [1.29, 1.82) is 0 Å². The van der Waals surface area contributed by atoms with Crippen LogP contribution in [0.15, 0.2) is 4.42 Å². The minimum Gasteiger partial charge on any atom is -0.407 e. The molecule has 1 aliphatic heterocycles. The number of nitrogens with one attached hydrogen (secondary N) is 2. The van der Waals surface area contributed by atoms with Gasteiger partial charge in [-0.05, 0) is 19.9 Å². The molecule has 1 aromatic rings. The van der Waals surface area contributed by atoms with Gasteiger partial charge in [-0.1, -0.05) is 12.0 Å². The van der Waals surface area contributed by atoms with Gasteiger partial charge in [-0.25, -0.2) is 0 Å². The summed E-state index contributed by atoms with van der Waals surface area (Å²) >= 11 is 0. The average molecular weight is 226 g/mol. The summed E-state index contributed by atoms with van der Waals surface area (Å²) in [6, 6.07) is 0.473. The molecular weight excluding hydrogens is 208 g/mol. The molecule has 1 fully saturated rings. The van der Waals surface area contributed by atoms with Gasteiger partial charge in [0, 0.05) is 6.61 Å². The van der Waals surface area contributed by atoms with E-state index in [-0.39, 0.29) is 5.54 Å². The number of hydrogen-bond acceptors (Lipinski definition) is 6. The molecule has 6 heteroatoms. The molecule has 6 nitrogen and oxygen atoms in total. The van der Waals surface area contributed by atoms with Crippen molar-refractivity contribution in [2.24, 2.45) is 0 Å². The van der Waals surface area contributed by atoms with Gasteiger partial charge in [0.15, 0.2) is 0 Å². The van der Waals surface area contributed by atoms with E-state index in [0.29, 0.717) is 25.1 Å². The van der Waals surface area contributed by atoms with Crippen LogP contribution in [-0.4, -0.2) is 35.5 Å². The topological polar surface area (TPSA) is 72.2 Å². The average Bonchev–Trinajstić information content (AvgIpc) is 2.85. The molecule has 0 amide bonds. The number of ether oxygens (including phenoxy) is 1. The van der Waals surface area contributed by atoms with Crippen molar-refractivity contribution in [3.63, 3.8) is 0 Å². The van der Waals surface area contributed by atoms with E-state index in [1.807, 2.05) is 6.92 Å². The Kier molecular flexibility index (Phi) is 3.40. The predicted molar refractivity (Wildman–Crippen MR) is 59.1 cm³/mol. The maximum atomic E-state index is 5.46. The van der Waals surface area contributed by atoms with E-state index in [1.165, 1.54) is 0 Å². The van der Waals surface area contributed by atoms with E-state index in [0.717, 1.165) is 19.6 Å². The highest BCUT2D eigenvalue weighted by Gasteiger charge is 2.31. The van der Waals surface area contributed by atoms with Crippen molar-refractivity contribution >= 4 is 6.01 Å². The van der Waals surface area contributed by atoms with Gasteiger partial charge in [0.1, 0.15) is 0 Å². The van der Waals surface area contributed by atoms with Crippen LogP contribution in [0.1, 0.15) is 26.2 Å². The maximum absolute atomic E-state index is 5.46. The van der Waals surface area contributed by atoms with Crippen LogP contribution in [0.25, 0.3) is 0 Å². The molecule has 0 aromatic carbocycles. The predicted octanol–water partition coefficient (Wildman–Crippen LogP) is 0.770. The Morgan fingerprint density at radius 1 is 1.44 bits per heavy atom. The molecule has 16 heavy (non-hydrogen) atoms. The molecule has 0 bridgehead atoms. The molecule has 90 valence electrons. The zero-order valence-corrected chi connectivity index (χ0v) is 9.75. The Bertz CT molecular complexity index is 333. The third kappa shape index (κ3) is 2.70. The van der Waals surface area contributed by atoms with Crippen LogP contribution in [0.2, 0.25) is 0 Å². The summed E-state index contributed by atoms with van der Waals surface area (Å²) in [5.41, 5.74) is -0.0814. The van der Waals surface area contributed by atoms with Crippen molar-refractivity contribution in [1.82, 2.24) is 15.5 Å². The molecule has 0 spiro atoms. The first-order valence-electron chi connectivity index (χ1n) is 5.61. The molecule has 1 atom stereocenters. The molecule has 0 aliphatic carbocycles. The lowest BCUT2D eigenvalue weighted by Gasteiger charge is -2.21. The summed E-state index contributed by atoms with van der Waals surface area (Å²) in [4.78, 5) is 0. The van der Waals surface area contributed by atoms with Crippen molar-refractivity contribution in [2.75, 3.05) is 25.1 Å². The molecule has 1 aromatic heterocycles. The zero-order chi connectivity index (χ0) is 11.4. The van der Waals surface area contributed by atoms with Crippen LogP contribution in [0.4, 0.5) is 6.01 Å². The third-order valence-electron chi connectivity index (χ3n) is 2.62. The Hall–Kier alpha value is -1.14. The van der Waals surface area contributed by atoms with E-state index >= 15 is 0 Å². The summed E-state index contributed by atoms with van der Waals surface area (Å²) in [7, 11) is 0. The Morgan fingerprint density at radius 3 is 3.00 bits per heavy atom. The van der Waals surface area contributed by atoms with Gasteiger partial charge in [0.2, 0.25) is 5.89 Å². The van der Waals surface area contributed by atoms with Crippen LogP contribution in [-0.2, 0) is 11.3 Å². The summed E-state index contributed by atoms with van der Waals surface area (Å²) in [6.07, 6.45) is 0.956. The first-order valence-corrected chi connectivity index (χ1v) is 5.61. The minimum absolute atomic E-state index is 0.0814. The summed E-state index contributed by atoms with van der Waals surface area (Å²) in [6.45, 7) is 7.08. The largest absolute Gasteiger partial charge is 0.407 e. The number of aromatic nitrogens is 2. The van der Waals surface area contributed by atoms with Crippen molar-refractivity contribution in [2.45, 2.75) is 32.4 Å². The van der Waals surface area contributed by atoms with E-state index in [2.05, 4.69) is 27.8 Å². The number of hydrogen-bond donors (Lipinski definition) is 2. The fraction of sp³-hybridized carbons (Fsp3) is 0.800. The highest BCUT2D eigenvalue weighted by atomic mass is 16.5. The molecular formula is C10H18N4O2. The van der Waals surface area contributed by atoms with Gasteiger partial charge in [0.05, 0.1) is 18.7 Å². The molecule has 1 aliphatic rings. The lowest BCUT2D eigenvalue weighted by molar-refractivity contribution is 0.184. The molecule has 2 rings (SSSR count). The first kappa shape index (κ1) is 11.3. The second-order valence-corrected chi connectivity index (χ2v) is 4.27. The standard InChI is InChI=1S/C10H18N4O2/c1-3-11-6-8-13-14-9(16-8)12-10(2)4-5-15-7-10/h11H,3-7H2,1-2H3,(H,12,14). The van der Waals surface area contributed by atoms with E-state index < -0.39 is 0 Å². The van der Waals surface area contributed by atoms with Gasteiger partial charge < -0.3 is 19.8 Å². The number of nitrogens with zero attached hydrogens (tertiary/aromatic N) is 2. The molecule has 2 N–H and O–H groups in total. The highest BCUT2D eigenvalue weighted by molar-refractivity contribution is 5.24. The van der Waals surface area contributed by atoms with Gasteiger partial charge in [-0.2, -0.15) is 0 Å². The minimum atomic E-state index is -0.0814. The van der Waals surface area contributed by atoms with Crippen molar-refractivity contribution in [3.05, 3.63) is 5.89 Å². The number of rotatable bonds is 5. The SMILES string of the molecule is CCNCc1nnc(NC2(C)CCOC2)o1. The first-order chi connectivity index (χ1) is 7.72. The van der Waals surface area contributed by atoms with E-state index in [9.17, 15) is 0 Å². The quantitative estimate of drug-likeness (QED) is 0.772. The highest BCUT2D eigenvalue weighted by Crippen LogP contribution is 2.22. The maximum Gasteiger partial charge on any atom is 0.316 e. The number of anilines is 1. The fourth-order valence-electron chi connectivity index (χ4n) is 1.63. The van der Waals surface area contributed by atoms with Gasteiger partial charge in [0.25, 0.3) is 0 Å². The second-order valence-electron chi connectivity index (χ2n) is 4.27. The molecule has 0 radical (unpaired) electrons. The van der Waals surface area contributed by atoms with Gasteiger partial charge in [-0.15, -0.1) is 5.10 Å².